The van der Waals surface area contributed by atoms with E-state index >= 15 is 0 Å². The highest BCUT2D eigenvalue weighted by Gasteiger charge is 2.36. The highest BCUT2D eigenvalue weighted by molar-refractivity contribution is 14.1. The fraction of sp³-hybridized carbons (Fsp3) is 0.714. The summed E-state index contributed by atoms with van der Waals surface area (Å²) in [6, 6.07) is 0. The predicted octanol–water partition coefficient (Wildman–Crippen LogP) is 3.27. The zero-order valence-corrected chi connectivity index (χ0v) is 13.7. The van der Waals surface area contributed by atoms with Gasteiger partial charge in [-0.1, -0.05) is 25.7 Å². The van der Waals surface area contributed by atoms with Crippen LogP contribution in [0.4, 0.5) is 0 Å². The van der Waals surface area contributed by atoms with Crippen molar-refractivity contribution in [2.45, 2.75) is 58.0 Å². The molecule has 1 heterocycles. The Labute approximate surface area is 127 Å². The second-order valence-corrected chi connectivity index (χ2v) is 6.23. The maximum Gasteiger partial charge on any atom is 0.264 e. The molecule has 4 nitrogen and oxygen atoms in total. The molecule has 19 heavy (non-hydrogen) atoms. The van der Waals surface area contributed by atoms with Gasteiger partial charge in [0.2, 0.25) is 0 Å². The van der Waals surface area contributed by atoms with Crippen molar-refractivity contribution in [1.29, 1.82) is 0 Å². The molecular weight excluding hydrogens is 355 g/mol. The molecule has 0 bridgehead atoms. The summed E-state index contributed by atoms with van der Waals surface area (Å²) in [7, 11) is 0. The summed E-state index contributed by atoms with van der Waals surface area (Å²) in [4.78, 5) is 19.5. The number of aromatic amines is 1. The van der Waals surface area contributed by atoms with Gasteiger partial charge in [0.25, 0.3) is 5.56 Å². The Kier molecular flexibility index (Phi) is 5.00. The highest BCUT2D eigenvalue weighted by atomic mass is 127. The molecule has 0 spiro atoms. The van der Waals surface area contributed by atoms with Crippen LogP contribution in [0, 0.1) is 10.5 Å². The van der Waals surface area contributed by atoms with Gasteiger partial charge in [-0.05, 0) is 49.3 Å². The molecule has 1 saturated carbocycles. The summed E-state index contributed by atoms with van der Waals surface area (Å²) in [5.74, 6) is 0.721. The van der Waals surface area contributed by atoms with Crippen molar-refractivity contribution in [1.82, 2.24) is 9.97 Å². The van der Waals surface area contributed by atoms with Crippen LogP contribution in [-0.4, -0.2) is 16.6 Å². The molecule has 0 atom stereocenters. The molecule has 1 fully saturated rings. The van der Waals surface area contributed by atoms with Gasteiger partial charge >= 0.3 is 0 Å². The number of hydrogen-bond donors (Lipinski definition) is 1. The number of hydrogen-bond acceptors (Lipinski definition) is 3. The lowest BCUT2D eigenvalue weighted by Crippen LogP contribution is -2.34. The fourth-order valence-electron chi connectivity index (χ4n) is 2.81. The Hall–Kier alpha value is -0.430. The molecule has 0 saturated heterocycles. The minimum Gasteiger partial charge on any atom is -0.367 e. The molecule has 1 aromatic rings. The van der Waals surface area contributed by atoms with Crippen LogP contribution >= 0.6 is 22.6 Å². The lowest BCUT2D eigenvalue weighted by molar-refractivity contribution is -0.0627. The third-order valence-corrected chi connectivity index (χ3v) is 5.06. The minimum atomic E-state index is -0.389. The quantitative estimate of drug-likeness (QED) is 0.651. The minimum absolute atomic E-state index is 0.0496. The molecule has 1 aliphatic carbocycles. The average molecular weight is 376 g/mol. The molecule has 0 aliphatic heterocycles. The van der Waals surface area contributed by atoms with Crippen LogP contribution in [0.5, 0.6) is 0 Å². The molecular formula is C14H21IN2O2. The largest absolute Gasteiger partial charge is 0.367 e. The molecule has 5 heteroatoms. The summed E-state index contributed by atoms with van der Waals surface area (Å²) in [5, 5.41) is 0. The standard InChI is InChI=1S/C14H21IN2O2/c1-3-19-14(8-6-4-5-7-9-14)13-16-10(2)11(15)12(18)17-13/h3-9H2,1-2H3,(H,16,17,18). The van der Waals surface area contributed by atoms with Gasteiger partial charge in [0.05, 0.1) is 9.26 Å². The van der Waals surface area contributed by atoms with Gasteiger partial charge in [0.1, 0.15) is 11.4 Å². The van der Waals surface area contributed by atoms with Crippen LogP contribution in [-0.2, 0) is 10.3 Å². The van der Waals surface area contributed by atoms with E-state index in [-0.39, 0.29) is 11.2 Å². The Morgan fingerprint density at radius 2 is 1.95 bits per heavy atom. The van der Waals surface area contributed by atoms with E-state index in [1.54, 1.807) is 0 Å². The van der Waals surface area contributed by atoms with E-state index in [4.69, 9.17) is 4.74 Å². The number of rotatable bonds is 3. The number of nitrogens with one attached hydrogen (secondary N) is 1. The third kappa shape index (κ3) is 3.18. The zero-order valence-electron chi connectivity index (χ0n) is 11.6. The van der Waals surface area contributed by atoms with Gasteiger partial charge in [0.15, 0.2) is 0 Å². The molecule has 1 aliphatic rings. The first-order valence-corrected chi connectivity index (χ1v) is 8.08. The van der Waals surface area contributed by atoms with Crippen molar-refractivity contribution in [2.75, 3.05) is 6.61 Å². The Morgan fingerprint density at radius 3 is 2.47 bits per heavy atom. The van der Waals surface area contributed by atoms with Crippen molar-refractivity contribution in [2.24, 2.45) is 0 Å². The normalized spacial score (nSPS) is 19.1. The first-order chi connectivity index (χ1) is 9.09. The summed E-state index contributed by atoms with van der Waals surface area (Å²) < 4.78 is 6.72. The van der Waals surface area contributed by atoms with E-state index in [1.807, 2.05) is 36.4 Å². The smallest absolute Gasteiger partial charge is 0.264 e. The Morgan fingerprint density at radius 1 is 1.32 bits per heavy atom. The molecule has 2 rings (SSSR count). The summed E-state index contributed by atoms with van der Waals surface area (Å²) in [6.45, 7) is 4.54. The van der Waals surface area contributed by atoms with E-state index in [1.165, 1.54) is 12.8 Å². The Bertz CT molecular complexity index is 491. The van der Waals surface area contributed by atoms with Gasteiger partial charge < -0.3 is 9.72 Å². The summed E-state index contributed by atoms with van der Waals surface area (Å²) in [6.07, 6.45) is 6.64. The maximum absolute atomic E-state index is 12.0. The molecule has 106 valence electrons. The lowest BCUT2D eigenvalue weighted by atomic mass is 9.93. The number of aromatic nitrogens is 2. The average Bonchev–Trinajstić information content (AvgIpc) is 2.62. The maximum atomic E-state index is 12.0. The van der Waals surface area contributed by atoms with Gasteiger partial charge in [-0.15, -0.1) is 0 Å². The molecule has 1 N–H and O–H groups in total. The van der Waals surface area contributed by atoms with Crippen LogP contribution in [0.3, 0.4) is 0 Å². The number of aryl methyl sites for hydroxylation is 1. The van der Waals surface area contributed by atoms with Gasteiger partial charge in [-0.25, -0.2) is 4.98 Å². The van der Waals surface area contributed by atoms with Crippen LogP contribution in [0.2, 0.25) is 0 Å². The SMILES string of the molecule is CCOC1(c2nc(C)c(I)c(=O)[nH]2)CCCCCC1. The van der Waals surface area contributed by atoms with Crippen LogP contribution in [0.15, 0.2) is 4.79 Å². The second-order valence-electron chi connectivity index (χ2n) is 5.16. The van der Waals surface area contributed by atoms with Gasteiger partial charge in [-0.2, -0.15) is 0 Å². The van der Waals surface area contributed by atoms with Crippen molar-refractivity contribution in [3.63, 3.8) is 0 Å². The highest BCUT2D eigenvalue weighted by Crippen LogP contribution is 2.37. The van der Waals surface area contributed by atoms with E-state index in [0.717, 1.165) is 37.2 Å². The lowest BCUT2D eigenvalue weighted by Gasteiger charge is -2.31. The Balaban J connectivity index is 2.45. The molecule has 1 aromatic heterocycles. The fourth-order valence-corrected chi connectivity index (χ4v) is 3.07. The van der Waals surface area contributed by atoms with Gasteiger partial charge in [-0.3, -0.25) is 4.79 Å². The monoisotopic (exact) mass is 376 g/mol. The first kappa shape index (κ1) is 15.0. The van der Waals surface area contributed by atoms with Crippen LogP contribution in [0.1, 0.15) is 57.0 Å². The van der Waals surface area contributed by atoms with E-state index < -0.39 is 0 Å². The van der Waals surface area contributed by atoms with E-state index in [2.05, 4.69) is 9.97 Å². The topological polar surface area (TPSA) is 55.0 Å². The van der Waals surface area contributed by atoms with Crippen LogP contribution in [0.25, 0.3) is 0 Å². The second kappa shape index (κ2) is 6.35. The molecule has 0 radical (unpaired) electrons. The van der Waals surface area contributed by atoms with Crippen molar-refractivity contribution >= 4 is 22.6 Å². The molecule has 0 amide bonds. The predicted molar refractivity (Wildman–Crippen MR) is 83.3 cm³/mol. The first-order valence-electron chi connectivity index (χ1n) is 7.00. The van der Waals surface area contributed by atoms with Crippen LogP contribution < -0.4 is 5.56 Å². The van der Waals surface area contributed by atoms with Crippen molar-refractivity contribution in [3.8, 4) is 0 Å². The summed E-state index contributed by atoms with van der Waals surface area (Å²) >= 11 is 2.04. The number of nitrogens with zero attached hydrogens (tertiary/aromatic N) is 1. The van der Waals surface area contributed by atoms with Gasteiger partial charge in [0, 0.05) is 6.61 Å². The van der Waals surface area contributed by atoms with Crippen molar-refractivity contribution in [3.05, 3.63) is 25.4 Å². The molecule has 0 unspecified atom stereocenters. The number of ether oxygens (including phenoxy) is 1. The van der Waals surface area contributed by atoms with E-state index in [0.29, 0.717) is 10.2 Å². The van der Waals surface area contributed by atoms with E-state index in [9.17, 15) is 4.79 Å². The third-order valence-electron chi connectivity index (χ3n) is 3.79. The summed E-state index contributed by atoms with van der Waals surface area (Å²) in [5.41, 5.74) is 0.355. The number of H-pyrrole nitrogens is 1. The molecule has 0 aromatic carbocycles. The van der Waals surface area contributed by atoms with Crippen molar-refractivity contribution < 1.29 is 4.74 Å². The zero-order chi connectivity index (χ0) is 13.9. The number of halogens is 1.